The van der Waals surface area contributed by atoms with E-state index in [9.17, 15) is 14.0 Å². The number of carbonyl (C=O) groups is 2. The molecule has 140 valence electrons. The van der Waals surface area contributed by atoms with Crippen LogP contribution in [0.2, 0.25) is 0 Å². The molecule has 0 bridgehead atoms. The predicted octanol–water partition coefficient (Wildman–Crippen LogP) is 1.31. The topological polar surface area (TPSA) is 96.0 Å². The zero-order valence-corrected chi connectivity index (χ0v) is 15.3. The highest BCUT2D eigenvalue weighted by Crippen LogP contribution is 2.05. The number of nitrogens with zero attached hydrogens (tertiary/aromatic N) is 2. The Balaban J connectivity index is 0.00000338. The fourth-order valence-corrected chi connectivity index (χ4v) is 1.97. The van der Waals surface area contributed by atoms with Gasteiger partial charge in [0.1, 0.15) is 5.82 Å². The Morgan fingerprint density at radius 1 is 1.04 bits per heavy atom. The molecule has 0 fully saturated rings. The first kappa shape index (κ1) is 21.5. The molecule has 2 aromatic rings. The summed E-state index contributed by atoms with van der Waals surface area (Å²) in [6.07, 6.45) is 2.70. The molecular weight excluding hydrogens is 361 g/mol. The van der Waals surface area contributed by atoms with Crippen LogP contribution in [0.25, 0.3) is 0 Å². The summed E-state index contributed by atoms with van der Waals surface area (Å²) in [5.74, 6) is -1.34. The van der Waals surface area contributed by atoms with Gasteiger partial charge in [-0.25, -0.2) is 14.4 Å². The van der Waals surface area contributed by atoms with Crippen molar-refractivity contribution < 1.29 is 14.0 Å². The van der Waals surface area contributed by atoms with Crippen molar-refractivity contribution in [3.63, 3.8) is 0 Å². The first-order valence-electron chi connectivity index (χ1n) is 7.80. The molecule has 1 aromatic heterocycles. The minimum absolute atomic E-state index is 0. The molecule has 1 heterocycles. The van der Waals surface area contributed by atoms with Crippen LogP contribution in [-0.2, 0) is 6.54 Å². The van der Waals surface area contributed by atoms with Gasteiger partial charge in [-0.2, -0.15) is 0 Å². The number of hydrogen-bond donors (Lipinski definition) is 3. The van der Waals surface area contributed by atoms with Crippen molar-refractivity contribution in [3.8, 4) is 0 Å². The minimum Gasteiger partial charge on any atom is -0.349 e. The Labute approximate surface area is 157 Å². The number of hydrogen-bond acceptors (Lipinski definition) is 5. The Bertz CT molecular complexity index is 742. The summed E-state index contributed by atoms with van der Waals surface area (Å²) in [6, 6.07) is 5.84. The summed E-state index contributed by atoms with van der Waals surface area (Å²) in [5, 5.41) is 8.34. The van der Waals surface area contributed by atoms with Crippen LogP contribution in [0.5, 0.6) is 0 Å². The third kappa shape index (κ3) is 6.05. The average molecular weight is 382 g/mol. The van der Waals surface area contributed by atoms with Crippen molar-refractivity contribution in [2.24, 2.45) is 0 Å². The van der Waals surface area contributed by atoms with Gasteiger partial charge < -0.3 is 16.0 Å². The molecule has 0 saturated heterocycles. The first-order chi connectivity index (χ1) is 12.0. The van der Waals surface area contributed by atoms with E-state index in [0.29, 0.717) is 6.54 Å². The molecule has 0 aliphatic heterocycles. The molecule has 0 spiro atoms. The number of carbonyl (C=O) groups excluding carboxylic acids is 2. The molecule has 7 nitrogen and oxygen atoms in total. The molecule has 3 N–H and O–H groups in total. The fourth-order valence-electron chi connectivity index (χ4n) is 1.97. The third-order valence-corrected chi connectivity index (χ3v) is 3.56. The number of amides is 2. The van der Waals surface area contributed by atoms with Crippen LogP contribution in [0.3, 0.4) is 0 Å². The maximum Gasteiger partial charge on any atom is 0.272 e. The molecular formula is C17H21ClFN5O2. The normalized spacial score (nSPS) is 11.2. The average Bonchev–Trinajstić information content (AvgIpc) is 2.65. The van der Waals surface area contributed by atoms with Crippen molar-refractivity contribution >= 4 is 24.2 Å². The number of benzene rings is 1. The number of likely N-dealkylation sites (N-methyl/N-ethyl adjacent to an activating group) is 1. The second-order valence-corrected chi connectivity index (χ2v) is 5.46. The van der Waals surface area contributed by atoms with Gasteiger partial charge in [0, 0.05) is 31.5 Å². The number of rotatable bonds is 7. The number of nitrogens with one attached hydrogen (secondary N) is 3. The van der Waals surface area contributed by atoms with E-state index in [1.165, 1.54) is 24.5 Å². The number of aromatic nitrogens is 2. The van der Waals surface area contributed by atoms with Crippen molar-refractivity contribution in [1.29, 1.82) is 0 Å². The van der Waals surface area contributed by atoms with E-state index in [1.807, 2.05) is 6.92 Å². The van der Waals surface area contributed by atoms with Crippen LogP contribution in [0.4, 0.5) is 4.39 Å². The van der Waals surface area contributed by atoms with Crippen LogP contribution in [-0.4, -0.2) is 41.4 Å². The molecule has 26 heavy (non-hydrogen) atoms. The largest absolute Gasteiger partial charge is 0.349 e. The van der Waals surface area contributed by atoms with Crippen molar-refractivity contribution in [2.75, 3.05) is 13.6 Å². The van der Waals surface area contributed by atoms with E-state index < -0.39 is 11.8 Å². The van der Waals surface area contributed by atoms with Gasteiger partial charge in [-0.15, -0.1) is 12.4 Å². The highest BCUT2D eigenvalue weighted by molar-refractivity contribution is 6.04. The lowest BCUT2D eigenvalue weighted by Crippen LogP contribution is -2.38. The standard InChI is InChI=1S/C17H20FN5O2.ClH/c1-11(19-2)9-22-16(24)14-15(21-8-7-20-14)17(25)23-10-12-3-5-13(18)6-4-12;/h3-8,11,19H,9-10H2,1-2H3,(H,22,24)(H,23,25);1H. The molecule has 0 saturated carbocycles. The van der Waals surface area contributed by atoms with Gasteiger partial charge in [0.2, 0.25) is 0 Å². The van der Waals surface area contributed by atoms with Crippen LogP contribution in [0.1, 0.15) is 33.5 Å². The van der Waals surface area contributed by atoms with Gasteiger partial charge in [-0.1, -0.05) is 12.1 Å². The second-order valence-electron chi connectivity index (χ2n) is 5.46. The summed E-state index contributed by atoms with van der Waals surface area (Å²) in [7, 11) is 1.79. The lowest BCUT2D eigenvalue weighted by molar-refractivity contribution is 0.0908. The molecule has 0 radical (unpaired) electrons. The van der Waals surface area contributed by atoms with Crippen molar-refractivity contribution in [1.82, 2.24) is 25.9 Å². The van der Waals surface area contributed by atoms with E-state index in [4.69, 9.17) is 0 Å². The molecule has 0 aliphatic rings. The summed E-state index contributed by atoms with van der Waals surface area (Å²) in [5.41, 5.74) is 0.633. The van der Waals surface area contributed by atoms with E-state index in [0.717, 1.165) is 5.56 Å². The fraction of sp³-hybridized carbons (Fsp3) is 0.294. The van der Waals surface area contributed by atoms with E-state index >= 15 is 0 Å². The highest BCUT2D eigenvalue weighted by Gasteiger charge is 2.20. The summed E-state index contributed by atoms with van der Waals surface area (Å²) < 4.78 is 12.9. The second kappa shape index (κ2) is 10.4. The first-order valence-corrected chi connectivity index (χ1v) is 7.80. The van der Waals surface area contributed by atoms with Gasteiger partial charge in [0.05, 0.1) is 0 Å². The molecule has 2 rings (SSSR count). The molecule has 1 atom stereocenters. The zero-order chi connectivity index (χ0) is 18.2. The minimum atomic E-state index is -0.524. The van der Waals surface area contributed by atoms with Gasteiger partial charge in [-0.3, -0.25) is 9.59 Å². The SMILES string of the molecule is CNC(C)CNC(=O)c1nccnc1C(=O)NCc1ccc(F)cc1.Cl. The van der Waals surface area contributed by atoms with Crippen LogP contribution in [0, 0.1) is 5.82 Å². The van der Waals surface area contributed by atoms with Crippen LogP contribution >= 0.6 is 12.4 Å². The molecule has 9 heteroatoms. The van der Waals surface area contributed by atoms with E-state index in [1.54, 1.807) is 19.2 Å². The number of halogens is 2. The predicted molar refractivity (Wildman–Crippen MR) is 97.7 cm³/mol. The van der Waals surface area contributed by atoms with E-state index in [2.05, 4.69) is 25.9 Å². The monoisotopic (exact) mass is 381 g/mol. The van der Waals surface area contributed by atoms with Crippen LogP contribution in [0.15, 0.2) is 36.7 Å². The lowest BCUT2D eigenvalue weighted by atomic mass is 10.2. The van der Waals surface area contributed by atoms with Crippen molar-refractivity contribution in [2.45, 2.75) is 19.5 Å². The third-order valence-electron chi connectivity index (χ3n) is 3.56. The van der Waals surface area contributed by atoms with Gasteiger partial charge in [0.15, 0.2) is 11.4 Å². The summed E-state index contributed by atoms with van der Waals surface area (Å²) in [6.45, 7) is 2.49. The van der Waals surface area contributed by atoms with E-state index in [-0.39, 0.29) is 42.2 Å². The van der Waals surface area contributed by atoms with Crippen LogP contribution < -0.4 is 16.0 Å². The molecule has 1 aromatic carbocycles. The summed E-state index contributed by atoms with van der Waals surface area (Å²) >= 11 is 0. The quantitative estimate of drug-likeness (QED) is 0.672. The maximum absolute atomic E-state index is 12.9. The Morgan fingerprint density at radius 2 is 1.58 bits per heavy atom. The van der Waals surface area contributed by atoms with Gasteiger partial charge in [-0.05, 0) is 31.7 Å². The molecule has 1 unspecified atom stereocenters. The van der Waals surface area contributed by atoms with Gasteiger partial charge >= 0.3 is 0 Å². The lowest BCUT2D eigenvalue weighted by Gasteiger charge is -2.12. The molecule has 2 amide bonds. The Morgan fingerprint density at radius 3 is 2.12 bits per heavy atom. The highest BCUT2D eigenvalue weighted by atomic mass is 35.5. The van der Waals surface area contributed by atoms with Crippen molar-refractivity contribution in [3.05, 3.63) is 59.4 Å². The summed E-state index contributed by atoms with van der Waals surface area (Å²) in [4.78, 5) is 32.5. The zero-order valence-electron chi connectivity index (χ0n) is 14.5. The van der Waals surface area contributed by atoms with Gasteiger partial charge in [0.25, 0.3) is 11.8 Å². The Hall–Kier alpha value is -2.58. The molecule has 0 aliphatic carbocycles. The maximum atomic E-state index is 12.9. The smallest absolute Gasteiger partial charge is 0.272 e. The Kier molecular flexibility index (Phi) is 8.60.